The van der Waals surface area contributed by atoms with Crippen LogP contribution in [0.25, 0.3) is 0 Å². The van der Waals surface area contributed by atoms with Crippen LogP contribution in [0.5, 0.6) is 0 Å². The summed E-state index contributed by atoms with van der Waals surface area (Å²) in [7, 11) is -11.5. The number of nitrogens with zero attached hydrogens (tertiary/aromatic N) is 3. The molecule has 0 radical (unpaired) electrons. The van der Waals surface area contributed by atoms with Crippen LogP contribution >= 0.6 is 0 Å². The molecule has 0 spiro atoms. The first-order valence-electron chi connectivity index (χ1n) is 14.9. The van der Waals surface area contributed by atoms with Crippen LogP contribution in [-0.4, -0.2) is 77.4 Å². The van der Waals surface area contributed by atoms with Gasteiger partial charge in [-0.25, -0.2) is 25.3 Å². The molecule has 12 heteroatoms. The molecule has 3 fully saturated rings. The molecule has 45 heavy (non-hydrogen) atoms. The summed E-state index contributed by atoms with van der Waals surface area (Å²) < 4.78 is 87.3. The van der Waals surface area contributed by atoms with Gasteiger partial charge in [0.05, 0.1) is 14.7 Å². The van der Waals surface area contributed by atoms with Crippen LogP contribution in [0.1, 0.15) is 16.7 Å². The quantitative estimate of drug-likeness (QED) is 0.396. The van der Waals surface area contributed by atoms with E-state index in [4.69, 9.17) is 0 Å². The van der Waals surface area contributed by atoms with E-state index in [1.807, 2.05) is 20.8 Å². The molecule has 0 amide bonds. The predicted octanol–water partition coefficient (Wildman–Crippen LogP) is 3.86. The lowest BCUT2D eigenvalue weighted by Crippen LogP contribution is -2.32. The van der Waals surface area contributed by atoms with Crippen molar-refractivity contribution >= 4 is 30.1 Å². The molecular formula is C33H35N3O6S3. The lowest BCUT2D eigenvalue weighted by atomic mass is 9.75. The predicted molar refractivity (Wildman–Crippen MR) is 171 cm³/mol. The maximum Gasteiger partial charge on any atom is 0.243 e. The Hall–Kier alpha value is -3.13. The van der Waals surface area contributed by atoms with E-state index in [0.717, 1.165) is 39.0 Å². The second-order valence-electron chi connectivity index (χ2n) is 12.5. The minimum atomic E-state index is -3.85. The summed E-state index contributed by atoms with van der Waals surface area (Å²) in [4.78, 5) is 0.604. The molecule has 0 N–H and O–H groups in total. The van der Waals surface area contributed by atoms with Crippen molar-refractivity contribution < 1.29 is 25.3 Å². The first kappa shape index (κ1) is 30.5. The monoisotopic (exact) mass is 665 g/mol. The SMILES string of the molecule is Cc1ccc(S(=O)(=O)N2CC3=C4CN(S(=O)(=O)c5ccc(C)cc5)C[C@@H]4[C@H]4CN(S(=O)(=O)c5ccc(C)cc5)CC4=C3C2)cc1. The lowest BCUT2D eigenvalue weighted by molar-refractivity contribution is 0.383. The molecule has 1 aliphatic carbocycles. The molecular weight excluding hydrogens is 631 g/mol. The first-order valence-corrected chi connectivity index (χ1v) is 19.2. The zero-order chi connectivity index (χ0) is 31.9. The highest BCUT2D eigenvalue weighted by Crippen LogP contribution is 2.50. The van der Waals surface area contributed by atoms with Gasteiger partial charge in [-0.05, 0) is 79.5 Å². The fourth-order valence-corrected chi connectivity index (χ4v) is 11.4. The normalized spacial score (nSPS) is 23.0. The largest absolute Gasteiger partial charge is 0.243 e. The Morgan fingerprint density at radius 2 is 0.733 bits per heavy atom. The number of aryl methyl sites for hydroxylation is 3. The number of sulfonamides is 3. The fraction of sp³-hybridized carbons (Fsp3) is 0.333. The molecule has 3 heterocycles. The van der Waals surface area contributed by atoms with Crippen LogP contribution in [0.2, 0.25) is 0 Å². The molecule has 0 unspecified atom stereocenters. The summed E-state index contributed by atoms with van der Waals surface area (Å²) in [5.41, 5.74) is 6.31. The first-order chi connectivity index (χ1) is 21.3. The fourth-order valence-electron chi connectivity index (χ4n) is 7.09. The van der Waals surface area contributed by atoms with Crippen LogP contribution in [-0.2, 0) is 30.1 Å². The van der Waals surface area contributed by atoms with Gasteiger partial charge in [0, 0.05) is 51.1 Å². The Balaban J connectivity index is 1.29. The summed E-state index contributed by atoms with van der Waals surface area (Å²) in [5.74, 6) is -0.501. The van der Waals surface area contributed by atoms with Crippen molar-refractivity contribution in [2.75, 3.05) is 39.3 Å². The average Bonchev–Trinajstić information content (AvgIpc) is 3.75. The summed E-state index contributed by atoms with van der Waals surface area (Å²) in [6, 6.07) is 20.2. The average molecular weight is 666 g/mol. The van der Waals surface area contributed by atoms with E-state index in [0.29, 0.717) is 0 Å². The standard InChI is InChI=1S/C33H35N3O6S3/c1-22-4-10-25(11-5-22)43(37,38)34-16-28-29(17-34)31-19-36(45(41,42)27-14-8-24(3)9-15-27)21-33(31)32-20-35(18-30(28)32)44(39,40)26-12-6-23(2)7-13-26/h4-15,28,30H,16-21H2,1-3H3/t28-,30+/m0/s1. The molecule has 9 nitrogen and oxygen atoms in total. The Morgan fingerprint density at radius 1 is 0.444 bits per heavy atom. The maximum atomic E-state index is 13.8. The zero-order valence-electron chi connectivity index (χ0n) is 25.3. The molecule has 236 valence electrons. The van der Waals surface area contributed by atoms with E-state index in [-0.39, 0.29) is 65.8 Å². The number of hydrogen-bond acceptors (Lipinski definition) is 6. The molecule has 0 aromatic heterocycles. The van der Waals surface area contributed by atoms with Gasteiger partial charge in [-0.3, -0.25) is 0 Å². The third-order valence-corrected chi connectivity index (χ3v) is 15.1. The minimum Gasteiger partial charge on any atom is -0.207 e. The molecule has 3 aromatic rings. The van der Waals surface area contributed by atoms with E-state index in [1.165, 1.54) is 12.9 Å². The van der Waals surface area contributed by atoms with Gasteiger partial charge in [0.2, 0.25) is 30.1 Å². The summed E-state index contributed by atoms with van der Waals surface area (Å²) in [5, 5.41) is 0. The molecule has 2 atom stereocenters. The second kappa shape index (κ2) is 10.7. The van der Waals surface area contributed by atoms with Crippen molar-refractivity contribution in [1.29, 1.82) is 0 Å². The molecule has 3 aliphatic heterocycles. The highest BCUT2D eigenvalue weighted by molar-refractivity contribution is 7.89. The highest BCUT2D eigenvalue weighted by Gasteiger charge is 2.52. The Morgan fingerprint density at radius 3 is 1.04 bits per heavy atom. The van der Waals surface area contributed by atoms with Gasteiger partial charge in [-0.2, -0.15) is 12.9 Å². The van der Waals surface area contributed by atoms with E-state index in [2.05, 4.69) is 0 Å². The molecule has 4 aliphatic rings. The molecule has 3 aromatic carbocycles. The van der Waals surface area contributed by atoms with Crippen molar-refractivity contribution in [3.05, 3.63) is 112 Å². The van der Waals surface area contributed by atoms with E-state index >= 15 is 0 Å². The minimum absolute atomic E-state index is 0.122. The van der Waals surface area contributed by atoms with Gasteiger partial charge in [0.25, 0.3) is 0 Å². The molecule has 0 saturated carbocycles. The van der Waals surface area contributed by atoms with Crippen molar-refractivity contribution in [2.24, 2.45) is 11.8 Å². The van der Waals surface area contributed by atoms with Gasteiger partial charge >= 0.3 is 0 Å². The number of benzene rings is 3. The van der Waals surface area contributed by atoms with Crippen molar-refractivity contribution in [3.8, 4) is 0 Å². The third kappa shape index (κ3) is 5.02. The van der Waals surface area contributed by atoms with Crippen LogP contribution in [0, 0.1) is 32.6 Å². The van der Waals surface area contributed by atoms with Gasteiger partial charge in [0.15, 0.2) is 0 Å². The topological polar surface area (TPSA) is 112 Å². The Bertz CT molecular complexity index is 1970. The molecule has 0 bridgehead atoms. The van der Waals surface area contributed by atoms with Gasteiger partial charge < -0.3 is 0 Å². The van der Waals surface area contributed by atoms with Crippen LogP contribution < -0.4 is 0 Å². The van der Waals surface area contributed by atoms with Crippen LogP contribution in [0.15, 0.2) is 110 Å². The Kier molecular flexibility index (Phi) is 7.27. The number of rotatable bonds is 6. The smallest absolute Gasteiger partial charge is 0.207 e. The third-order valence-electron chi connectivity index (χ3n) is 9.66. The van der Waals surface area contributed by atoms with Gasteiger partial charge in [-0.1, -0.05) is 53.1 Å². The Labute approximate surface area is 265 Å². The van der Waals surface area contributed by atoms with E-state index < -0.39 is 30.1 Å². The number of hydrogen-bond donors (Lipinski definition) is 0. The summed E-state index contributed by atoms with van der Waals surface area (Å²) in [6.07, 6.45) is 0. The van der Waals surface area contributed by atoms with E-state index in [1.54, 1.807) is 72.8 Å². The lowest BCUT2D eigenvalue weighted by Gasteiger charge is -2.28. The van der Waals surface area contributed by atoms with Crippen LogP contribution in [0.3, 0.4) is 0 Å². The van der Waals surface area contributed by atoms with E-state index in [9.17, 15) is 25.3 Å². The summed E-state index contributed by atoms with van der Waals surface area (Å²) >= 11 is 0. The van der Waals surface area contributed by atoms with Gasteiger partial charge in [-0.15, -0.1) is 0 Å². The highest BCUT2D eigenvalue weighted by atomic mass is 32.2. The van der Waals surface area contributed by atoms with Crippen LogP contribution in [0.4, 0.5) is 0 Å². The zero-order valence-corrected chi connectivity index (χ0v) is 27.8. The molecule has 3 saturated heterocycles. The summed E-state index contributed by atoms with van der Waals surface area (Å²) in [6.45, 7) is 6.64. The van der Waals surface area contributed by atoms with Gasteiger partial charge in [0.1, 0.15) is 0 Å². The second-order valence-corrected chi connectivity index (χ2v) is 18.3. The molecule has 7 rings (SSSR count). The number of fused-ring (bicyclic) bond motifs is 4. The maximum absolute atomic E-state index is 13.8. The van der Waals surface area contributed by atoms with Crippen molar-refractivity contribution in [1.82, 2.24) is 12.9 Å². The van der Waals surface area contributed by atoms with Crippen molar-refractivity contribution in [2.45, 2.75) is 35.5 Å². The van der Waals surface area contributed by atoms with Crippen molar-refractivity contribution in [3.63, 3.8) is 0 Å².